The molecule has 0 saturated heterocycles. The fraction of sp³-hybridized carbons (Fsp3) is 1.00. The third kappa shape index (κ3) is 9.82. The molecule has 0 radical (unpaired) electrons. The number of hydrogen-bond donors (Lipinski definition) is 2. The summed E-state index contributed by atoms with van der Waals surface area (Å²) in [6.07, 6.45) is 1.51. The van der Waals surface area contributed by atoms with Gasteiger partial charge in [-0.25, -0.2) is 13.1 Å². The first-order valence-electron chi connectivity index (χ1n) is 6.38. The Morgan fingerprint density at radius 2 is 1.94 bits per heavy atom. The van der Waals surface area contributed by atoms with Crippen LogP contribution >= 0.6 is 0 Å². The highest BCUT2D eigenvalue weighted by Crippen LogP contribution is 2.20. The maximum Gasteiger partial charge on any atom is 0.213 e. The first kappa shape index (κ1) is 17.8. The first-order valence-corrected chi connectivity index (χ1v) is 8.03. The van der Waals surface area contributed by atoms with E-state index in [1.165, 1.54) is 0 Å². The van der Waals surface area contributed by atoms with Crippen molar-refractivity contribution in [2.24, 2.45) is 5.41 Å². The number of aliphatic hydroxyl groups is 1. The van der Waals surface area contributed by atoms with Crippen LogP contribution in [-0.4, -0.2) is 45.1 Å². The Hall–Kier alpha value is -0.170. The normalized spacial score (nSPS) is 13.2. The average molecular weight is 281 g/mol. The Kier molecular flexibility index (Phi) is 8.02. The quantitative estimate of drug-likeness (QED) is 0.629. The van der Waals surface area contributed by atoms with Gasteiger partial charge in [0.1, 0.15) is 0 Å². The maximum atomic E-state index is 11.7. The van der Waals surface area contributed by atoms with Gasteiger partial charge in [-0.1, -0.05) is 13.8 Å². The highest BCUT2D eigenvalue weighted by Gasteiger charge is 2.20. The summed E-state index contributed by atoms with van der Waals surface area (Å²) < 4.78 is 31.2. The van der Waals surface area contributed by atoms with E-state index in [1.807, 2.05) is 27.7 Å². The summed E-state index contributed by atoms with van der Waals surface area (Å²) in [6, 6.07) is 0. The minimum atomic E-state index is -3.27. The van der Waals surface area contributed by atoms with E-state index in [-0.39, 0.29) is 30.5 Å². The molecule has 0 aromatic rings. The predicted molar refractivity (Wildman–Crippen MR) is 73.0 cm³/mol. The van der Waals surface area contributed by atoms with Crippen molar-refractivity contribution < 1.29 is 18.3 Å². The van der Waals surface area contributed by atoms with Gasteiger partial charge in [0.2, 0.25) is 10.0 Å². The SMILES string of the molecule is CC(C)OCCS(=O)(=O)NCC(C)(C)CCCO. The van der Waals surface area contributed by atoms with Gasteiger partial charge in [-0.15, -0.1) is 0 Å². The van der Waals surface area contributed by atoms with E-state index >= 15 is 0 Å². The molecule has 0 atom stereocenters. The Labute approximate surface area is 111 Å². The molecule has 0 spiro atoms. The van der Waals surface area contributed by atoms with Crippen molar-refractivity contribution in [2.75, 3.05) is 25.5 Å². The van der Waals surface area contributed by atoms with Gasteiger partial charge in [-0.05, 0) is 32.1 Å². The zero-order chi connectivity index (χ0) is 14.2. The molecule has 6 heteroatoms. The van der Waals surface area contributed by atoms with E-state index in [2.05, 4.69) is 4.72 Å². The molecular formula is C12H27NO4S. The van der Waals surface area contributed by atoms with Crippen LogP contribution in [0.4, 0.5) is 0 Å². The number of aliphatic hydroxyl groups excluding tert-OH is 1. The predicted octanol–water partition coefficient (Wildman–Crippen LogP) is 1.13. The van der Waals surface area contributed by atoms with Crippen LogP contribution in [0.15, 0.2) is 0 Å². The van der Waals surface area contributed by atoms with Crippen molar-refractivity contribution >= 4 is 10.0 Å². The van der Waals surface area contributed by atoms with E-state index in [4.69, 9.17) is 9.84 Å². The number of rotatable bonds is 10. The van der Waals surface area contributed by atoms with E-state index in [1.54, 1.807) is 0 Å². The molecule has 0 aromatic heterocycles. The lowest BCUT2D eigenvalue weighted by Gasteiger charge is -2.24. The van der Waals surface area contributed by atoms with Gasteiger partial charge in [0.05, 0.1) is 18.5 Å². The number of hydrogen-bond acceptors (Lipinski definition) is 4. The van der Waals surface area contributed by atoms with Crippen molar-refractivity contribution in [2.45, 2.75) is 46.6 Å². The standard InChI is InChI=1S/C12H27NO4S/c1-11(2)17-8-9-18(15,16)13-10-12(3,4)6-5-7-14/h11,13-14H,5-10H2,1-4H3. The third-order valence-corrected chi connectivity index (χ3v) is 3.87. The van der Waals surface area contributed by atoms with Crippen LogP contribution in [0.2, 0.25) is 0 Å². The third-order valence-electron chi connectivity index (χ3n) is 2.59. The lowest BCUT2D eigenvalue weighted by Crippen LogP contribution is -2.36. The lowest BCUT2D eigenvalue weighted by molar-refractivity contribution is 0.0911. The molecule has 0 aliphatic heterocycles. The smallest absolute Gasteiger partial charge is 0.213 e. The van der Waals surface area contributed by atoms with E-state index in [9.17, 15) is 8.42 Å². The van der Waals surface area contributed by atoms with Crippen LogP contribution in [0, 0.1) is 5.41 Å². The van der Waals surface area contributed by atoms with Crippen LogP contribution in [0.5, 0.6) is 0 Å². The Balaban J connectivity index is 4.02. The van der Waals surface area contributed by atoms with Gasteiger partial charge in [-0.2, -0.15) is 0 Å². The monoisotopic (exact) mass is 281 g/mol. The van der Waals surface area contributed by atoms with E-state index in [0.717, 1.165) is 6.42 Å². The minimum absolute atomic E-state index is 0.0126. The molecule has 0 unspecified atom stereocenters. The molecule has 0 aliphatic rings. The van der Waals surface area contributed by atoms with Crippen molar-refractivity contribution in [3.63, 3.8) is 0 Å². The Morgan fingerprint density at radius 3 is 2.44 bits per heavy atom. The second-order valence-corrected chi connectivity index (χ2v) is 7.48. The summed E-state index contributed by atoms with van der Waals surface area (Å²) in [4.78, 5) is 0. The second-order valence-electron chi connectivity index (χ2n) is 5.55. The first-order chi connectivity index (χ1) is 8.18. The number of ether oxygens (including phenoxy) is 1. The molecule has 0 bridgehead atoms. The number of sulfonamides is 1. The van der Waals surface area contributed by atoms with Gasteiger partial charge in [0, 0.05) is 13.2 Å². The summed E-state index contributed by atoms with van der Waals surface area (Å²) in [6.45, 7) is 8.45. The molecule has 0 heterocycles. The van der Waals surface area contributed by atoms with Crippen molar-refractivity contribution in [1.82, 2.24) is 4.72 Å². The summed E-state index contributed by atoms with van der Waals surface area (Å²) in [7, 11) is -3.27. The van der Waals surface area contributed by atoms with Crippen LogP contribution in [-0.2, 0) is 14.8 Å². The topological polar surface area (TPSA) is 75.6 Å². The Morgan fingerprint density at radius 1 is 1.33 bits per heavy atom. The molecule has 5 nitrogen and oxygen atoms in total. The molecule has 0 fully saturated rings. The van der Waals surface area contributed by atoms with Gasteiger partial charge in [0.15, 0.2) is 0 Å². The molecule has 0 aromatic carbocycles. The lowest BCUT2D eigenvalue weighted by atomic mass is 9.88. The molecule has 2 N–H and O–H groups in total. The van der Waals surface area contributed by atoms with Gasteiger partial charge in [-0.3, -0.25) is 0 Å². The van der Waals surface area contributed by atoms with Gasteiger partial charge in [0.25, 0.3) is 0 Å². The highest BCUT2D eigenvalue weighted by molar-refractivity contribution is 7.89. The van der Waals surface area contributed by atoms with Gasteiger partial charge >= 0.3 is 0 Å². The molecule has 18 heavy (non-hydrogen) atoms. The van der Waals surface area contributed by atoms with Gasteiger partial charge < -0.3 is 9.84 Å². The van der Waals surface area contributed by atoms with Crippen LogP contribution in [0.3, 0.4) is 0 Å². The van der Waals surface area contributed by atoms with Crippen LogP contribution in [0.25, 0.3) is 0 Å². The molecule has 110 valence electrons. The fourth-order valence-corrected chi connectivity index (χ4v) is 2.49. The zero-order valence-corrected chi connectivity index (χ0v) is 12.7. The zero-order valence-electron chi connectivity index (χ0n) is 11.9. The molecule has 0 aliphatic carbocycles. The highest BCUT2D eigenvalue weighted by atomic mass is 32.2. The fourth-order valence-electron chi connectivity index (χ4n) is 1.42. The summed E-state index contributed by atoms with van der Waals surface area (Å²) in [5.41, 5.74) is -0.144. The van der Waals surface area contributed by atoms with Crippen molar-refractivity contribution in [1.29, 1.82) is 0 Å². The van der Waals surface area contributed by atoms with Crippen LogP contribution in [0.1, 0.15) is 40.5 Å². The summed E-state index contributed by atoms with van der Waals surface area (Å²) >= 11 is 0. The minimum Gasteiger partial charge on any atom is -0.396 e. The van der Waals surface area contributed by atoms with Crippen molar-refractivity contribution in [3.8, 4) is 0 Å². The summed E-state index contributed by atoms with van der Waals surface area (Å²) in [5.74, 6) is -0.0126. The molecule has 0 rings (SSSR count). The molecule has 0 amide bonds. The van der Waals surface area contributed by atoms with E-state index < -0.39 is 10.0 Å². The maximum absolute atomic E-state index is 11.7. The average Bonchev–Trinajstić information content (AvgIpc) is 2.23. The van der Waals surface area contributed by atoms with E-state index in [0.29, 0.717) is 13.0 Å². The second kappa shape index (κ2) is 8.09. The number of nitrogens with one attached hydrogen (secondary N) is 1. The molecule has 0 saturated carbocycles. The molecular weight excluding hydrogens is 254 g/mol. The van der Waals surface area contributed by atoms with Crippen molar-refractivity contribution in [3.05, 3.63) is 0 Å². The largest absolute Gasteiger partial charge is 0.396 e. The van der Waals surface area contributed by atoms with Crippen LogP contribution < -0.4 is 4.72 Å². The summed E-state index contributed by atoms with van der Waals surface area (Å²) in [5, 5.41) is 8.77. The Bertz CT molecular complexity index is 312.